The Labute approximate surface area is 421 Å². The number of carbonyl (C=O) groups excluding carboxylic acids is 3. The van der Waals surface area contributed by atoms with Crippen LogP contribution in [0.4, 0.5) is 0 Å². The number of ether oxygens (including phenoxy) is 3. The van der Waals surface area contributed by atoms with Crippen LogP contribution in [0.5, 0.6) is 0 Å². The lowest BCUT2D eigenvalue weighted by molar-refractivity contribution is -0.166. The largest absolute Gasteiger partial charge is 0.462 e. The van der Waals surface area contributed by atoms with Crippen molar-refractivity contribution < 1.29 is 28.6 Å². The van der Waals surface area contributed by atoms with Gasteiger partial charge in [-0.15, -0.1) is 0 Å². The summed E-state index contributed by atoms with van der Waals surface area (Å²) in [6, 6.07) is 0. The minimum atomic E-state index is -0.815. The Morgan fingerprint density at radius 1 is 0.309 bits per heavy atom. The zero-order valence-corrected chi connectivity index (χ0v) is 44.9. The number of unbranched alkanes of at least 4 members (excludes halogenated alkanes) is 29. The summed E-state index contributed by atoms with van der Waals surface area (Å²) in [5, 5.41) is 0. The summed E-state index contributed by atoms with van der Waals surface area (Å²) >= 11 is 0. The fourth-order valence-corrected chi connectivity index (χ4v) is 8.13. The molecule has 0 amide bonds. The van der Waals surface area contributed by atoms with E-state index in [1.807, 2.05) is 6.08 Å². The second kappa shape index (κ2) is 56.4. The number of rotatable bonds is 52. The van der Waals surface area contributed by atoms with Crippen molar-refractivity contribution in [3.05, 3.63) is 72.9 Å². The molecule has 0 spiro atoms. The minimum absolute atomic E-state index is 0.104. The van der Waals surface area contributed by atoms with Gasteiger partial charge in [-0.1, -0.05) is 261 Å². The lowest BCUT2D eigenvalue weighted by Crippen LogP contribution is -2.30. The third kappa shape index (κ3) is 53.8. The van der Waals surface area contributed by atoms with Crippen LogP contribution in [0.2, 0.25) is 0 Å². The molecule has 0 saturated heterocycles. The van der Waals surface area contributed by atoms with Crippen molar-refractivity contribution in [3.63, 3.8) is 0 Å². The molecule has 0 aromatic heterocycles. The fourth-order valence-electron chi connectivity index (χ4n) is 8.13. The van der Waals surface area contributed by atoms with Crippen molar-refractivity contribution in [3.8, 4) is 0 Å². The van der Waals surface area contributed by atoms with Gasteiger partial charge >= 0.3 is 17.9 Å². The molecule has 0 rings (SSSR count). The summed E-state index contributed by atoms with van der Waals surface area (Å²) in [5.74, 6) is -0.982. The first-order valence-electron chi connectivity index (χ1n) is 28.9. The van der Waals surface area contributed by atoms with E-state index in [0.717, 1.165) is 70.6 Å². The molecule has 0 aliphatic heterocycles. The Hall–Kier alpha value is -3.15. The van der Waals surface area contributed by atoms with Gasteiger partial charge in [0, 0.05) is 19.3 Å². The van der Waals surface area contributed by atoms with E-state index in [0.29, 0.717) is 19.3 Å². The van der Waals surface area contributed by atoms with Crippen molar-refractivity contribution in [1.29, 1.82) is 0 Å². The predicted octanol–water partition coefficient (Wildman–Crippen LogP) is 19.4. The molecule has 6 heteroatoms. The lowest BCUT2D eigenvalue weighted by Gasteiger charge is -2.18. The molecule has 0 radical (unpaired) electrons. The van der Waals surface area contributed by atoms with Gasteiger partial charge in [0.05, 0.1) is 0 Å². The quantitative estimate of drug-likeness (QED) is 0.0262. The van der Waals surface area contributed by atoms with E-state index in [9.17, 15) is 14.4 Å². The SMILES string of the molecule is CC/C=C\C/C=C\C/C=C\C/C=C\C/C=C\CCC(=O)OC(COC(=O)CCCCCCCCC/C=C\CCCCCC)COC(=O)CCCCCCCCCCCCCCCCCCCCC. The van der Waals surface area contributed by atoms with Gasteiger partial charge in [0.2, 0.25) is 0 Å². The van der Waals surface area contributed by atoms with Crippen molar-refractivity contribution in [2.75, 3.05) is 13.2 Å². The Morgan fingerprint density at radius 2 is 0.603 bits per heavy atom. The highest BCUT2D eigenvalue weighted by Crippen LogP contribution is 2.16. The third-order valence-corrected chi connectivity index (χ3v) is 12.5. The summed E-state index contributed by atoms with van der Waals surface area (Å²) in [7, 11) is 0. The Bertz CT molecular complexity index is 1270. The molecule has 1 unspecified atom stereocenters. The maximum atomic E-state index is 12.8. The maximum absolute atomic E-state index is 12.8. The second-order valence-electron chi connectivity index (χ2n) is 19.2. The number of carbonyl (C=O) groups is 3. The first-order chi connectivity index (χ1) is 33.5. The lowest BCUT2D eigenvalue weighted by atomic mass is 10.0. The van der Waals surface area contributed by atoms with Gasteiger partial charge in [-0.25, -0.2) is 0 Å². The van der Waals surface area contributed by atoms with Crippen LogP contribution in [-0.4, -0.2) is 37.2 Å². The smallest absolute Gasteiger partial charge is 0.306 e. The van der Waals surface area contributed by atoms with Crippen LogP contribution in [0.1, 0.15) is 284 Å². The summed E-state index contributed by atoms with van der Waals surface area (Å²) < 4.78 is 16.8. The van der Waals surface area contributed by atoms with Gasteiger partial charge in [0.25, 0.3) is 0 Å². The fraction of sp³-hybridized carbons (Fsp3) is 0.758. The summed E-state index contributed by atoms with van der Waals surface area (Å²) in [4.78, 5) is 38.1. The van der Waals surface area contributed by atoms with E-state index in [2.05, 4.69) is 87.6 Å². The third-order valence-electron chi connectivity index (χ3n) is 12.5. The molecular weight excluding hydrogens is 841 g/mol. The summed E-state index contributed by atoms with van der Waals surface area (Å²) in [5.41, 5.74) is 0. The summed E-state index contributed by atoms with van der Waals surface area (Å²) in [6.45, 7) is 6.48. The molecule has 1 atom stereocenters. The van der Waals surface area contributed by atoms with Crippen LogP contribution in [0.25, 0.3) is 0 Å². The second-order valence-corrected chi connectivity index (χ2v) is 19.2. The van der Waals surface area contributed by atoms with Crippen molar-refractivity contribution in [2.45, 2.75) is 290 Å². The first-order valence-corrected chi connectivity index (χ1v) is 28.9. The maximum Gasteiger partial charge on any atom is 0.306 e. The highest BCUT2D eigenvalue weighted by atomic mass is 16.6. The topological polar surface area (TPSA) is 78.9 Å². The number of esters is 3. The van der Waals surface area contributed by atoms with Crippen LogP contribution < -0.4 is 0 Å². The van der Waals surface area contributed by atoms with Crippen molar-refractivity contribution in [2.24, 2.45) is 0 Å². The van der Waals surface area contributed by atoms with Crippen LogP contribution in [0.3, 0.4) is 0 Å². The molecule has 0 aromatic carbocycles. The molecular formula is C62H108O6. The monoisotopic (exact) mass is 949 g/mol. The van der Waals surface area contributed by atoms with Gasteiger partial charge < -0.3 is 14.2 Å². The van der Waals surface area contributed by atoms with E-state index in [4.69, 9.17) is 14.2 Å². The molecule has 6 nitrogen and oxygen atoms in total. The molecule has 0 N–H and O–H groups in total. The van der Waals surface area contributed by atoms with E-state index in [1.165, 1.54) is 167 Å². The Morgan fingerprint density at radius 3 is 0.971 bits per heavy atom. The Balaban J connectivity index is 4.43. The van der Waals surface area contributed by atoms with E-state index in [1.54, 1.807) is 0 Å². The highest BCUT2D eigenvalue weighted by Gasteiger charge is 2.19. The van der Waals surface area contributed by atoms with E-state index in [-0.39, 0.29) is 37.5 Å². The van der Waals surface area contributed by atoms with Crippen LogP contribution >= 0.6 is 0 Å². The van der Waals surface area contributed by atoms with Gasteiger partial charge in [-0.05, 0) is 77.0 Å². The first kappa shape index (κ1) is 64.8. The standard InChI is InChI=1S/C62H108O6/c1-4-7-10-13-16-19-22-25-28-30-31-32-35-37-40-43-46-49-52-55-61(64)67-58-59(57-66-60(63)54-51-48-45-42-39-36-33-27-24-21-18-15-12-9-6-3)68-62(65)56-53-50-47-44-41-38-34-29-26-23-20-17-14-11-8-5-2/h8,11,17,20-21,24,26,29,38,41,47,50,59H,4-7,9-10,12-16,18-19,22-23,25,27-28,30-37,39-40,42-46,48-49,51-58H2,1-3H3/b11-8-,20-17-,24-21-,29-26-,41-38-,50-47-. The number of hydrogen-bond acceptors (Lipinski definition) is 6. The highest BCUT2D eigenvalue weighted by molar-refractivity contribution is 5.71. The summed E-state index contributed by atoms with van der Waals surface area (Å²) in [6.07, 6.45) is 71.9. The molecule has 0 heterocycles. The van der Waals surface area contributed by atoms with E-state index >= 15 is 0 Å². The molecule has 0 bridgehead atoms. The van der Waals surface area contributed by atoms with Crippen LogP contribution in [0, 0.1) is 0 Å². The minimum Gasteiger partial charge on any atom is -0.462 e. The van der Waals surface area contributed by atoms with Crippen LogP contribution in [0.15, 0.2) is 72.9 Å². The Kier molecular flexibility index (Phi) is 53.8. The zero-order chi connectivity index (χ0) is 49.3. The van der Waals surface area contributed by atoms with Gasteiger partial charge in [-0.3, -0.25) is 14.4 Å². The van der Waals surface area contributed by atoms with E-state index < -0.39 is 6.10 Å². The molecule has 68 heavy (non-hydrogen) atoms. The van der Waals surface area contributed by atoms with Gasteiger partial charge in [0.1, 0.15) is 13.2 Å². The van der Waals surface area contributed by atoms with Gasteiger partial charge in [-0.2, -0.15) is 0 Å². The number of hydrogen-bond donors (Lipinski definition) is 0. The van der Waals surface area contributed by atoms with Crippen molar-refractivity contribution in [1.82, 2.24) is 0 Å². The molecule has 392 valence electrons. The molecule has 0 saturated carbocycles. The van der Waals surface area contributed by atoms with Gasteiger partial charge in [0.15, 0.2) is 6.10 Å². The average Bonchev–Trinajstić information content (AvgIpc) is 3.34. The van der Waals surface area contributed by atoms with Crippen LogP contribution in [-0.2, 0) is 28.6 Å². The molecule has 0 aliphatic carbocycles. The average molecular weight is 950 g/mol. The molecule has 0 aromatic rings. The molecule has 0 aliphatic rings. The number of allylic oxidation sites excluding steroid dienone is 12. The van der Waals surface area contributed by atoms with Crippen molar-refractivity contribution >= 4 is 17.9 Å². The normalized spacial score (nSPS) is 12.6. The molecule has 0 fully saturated rings. The predicted molar refractivity (Wildman–Crippen MR) is 293 cm³/mol. The zero-order valence-electron chi connectivity index (χ0n) is 44.9.